The fourth-order valence-corrected chi connectivity index (χ4v) is 2.95. The maximum absolute atomic E-state index is 13.2. The standard InChI is InChI=1S/C23H17F3N4/c24-23(25,26)19-8-4-7-18(13-19)20-14-21(28-15-16-9-11-27-12-10-16)30-22(29-20)17-5-2-1-3-6-17/h1-14H,15H2,(H,28,29,30). The zero-order valence-electron chi connectivity index (χ0n) is 15.8. The number of halogens is 3. The largest absolute Gasteiger partial charge is 0.416 e. The average Bonchev–Trinajstić information content (AvgIpc) is 2.78. The van der Waals surface area contributed by atoms with Crippen molar-refractivity contribution in [2.75, 3.05) is 5.32 Å². The summed E-state index contributed by atoms with van der Waals surface area (Å²) in [6.45, 7) is 0.496. The van der Waals surface area contributed by atoms with Gasteiger partial charge in [-0.2, -0.15) is 13.2 Å². The van der Waals surface area contributed by atoms with E-state index in [-0.39, 0.29) is 0 Å². The van der Waals surface area contributed by atoms with Crippen LogP contribution in [0.3, 0.4) is 0 Å². The number of anilines is 1. The first-order valence-corrected chi connectivity index (χ1v) is 9.24. The second-order valence-corrected chi connectivity index (χ2v) is 6.62. The van der Waals surface area contributed by atoms with Gasteiger partial charge in [0.25, 0.3) is 0 Å². The molecule has 4 rings (SSSR count). The van der Waals surface area contributed by atoms with Crippen molar-refractivity contribution < 1.29 is 13.2 Å². The van der Waals surface area contributed by atoms with Gasteiger partial charge in [-0.05, 0) is 29.8 Å². The smallest absolute Gasteiger partial charge is 0.366 e. The van der Waals surface area contributed by atoms with Crippen LogP contribution in [-0.2, 0) is 12.7 Å². The Labute approximate surface area is 171 Å². The molecule has 2 aromatic carbocycles. The number of hydrogen-bond donors (Lipinski definition) is 1. The van der Waals surface area contributed by atoms with Crippen molar-refractivity contribution in [2.24, 2.45) is 0 Å². The van der Waals surface area contributed by atoms with Crippen LogP contribution in [0.5, 0.6) is 0 Å². The van der Waals surface area contributed by atoms with Gasteiger partial charge >= 0.3 is 6.18 Å². The quantitative estimate of drug-likeness (QED) is 0.453. The molecule has 0 bridgehead atoms. The van der Waals surface area contributed by atoms with Crippen LogP contribution in [-0.4, -0.2) is 15.0 Å². The van der Waals surface area contributed by atoms with E-state index in [1.165, 1.54) is 6.07 Å². The van der Waals surface area contributed by atoms with Crippen LogP contribution >= 0.6 is 0 Å². The third-order valence-electron chi connectivity index (χ3n) is 4.47. The second kappa shape index (κ2) is 8.32. The number of benzene rings is 2. The molecule has 0 aliphatic carbocycles. The Hall–Kier alpha value is -3.74. The minimum absolute atomic E-state index is 0.372. The Kier molecular flexibility index (Phi) is 5.43. The van der Waals surface area contributed by atoms with E-state index in [9.17, 15) is 13.2 Å². The van der Waals surface area contributed by atoms with Gasteiger partial charge in [0.2, 0.25) is 0 Å². The maximum atomic E-state index is 13.2. The van der Waals surface area contributed by atoms with Crippen LogP contribution in [0.25, 0.3) is 22.6 Å². The highest BCUT2D eigenvalue weighted by Crippen LogP contribution is 2.32. The summed E-state index contributed by atoms with van der Waals surface area (Å²) in [4.78, 5) is 13.1. The zero-order valence-corrected chi connectivity index (χ0v) is 15.8. The average molecular weight is 406 g/mol. The molecule has 0 saturated heterocycles. The molecule has 0 saturated carbocycles. The van der Waals surface area contributed by atoms with Crippen molar-refractivity contribution >= 4 is 5.82 Å². The normalized spacial score (nSPS) is 11.3. The van der Waals surface area contributed by atoms with Crippen LogP contribution in [0.15, 0.2) is 85.2 Å². The first kappa shape index (κ1) is 19.6. The number of rotatable bonds is 5. The van der Waals surface area contributed by atoms with Crippen molar-refractivity contribution in [3.63, 3.8) is 0 Å². The van der Waals surface area contributed by atoms with E-state index >= 15 is 0 Å². The first-order valence-electron chi connectivity index (χ1n) is 9.24. The SMILES string of the molecule is FC(F)(F)c1cccc(-c2cc(NCc3ccncc3)nc(-c3ccccc3)n2)c1. The third kappa shape index (κ3) is 4.63. The van der Waals surface area contributed by atoms with E-state index in [0.717, 1.165) is 23.3 Å². The number of nitrogens with one attached hydrogen (secondary N) is 1. The van der Waals surface area contributed by atoms with Crippen molar-refractivity contribution in [1.82, 2.24) is 15.0 Å². The lowest BCUT2D eigenvalue weighted by Crippen LogP contribution is -2.06. The van der Waals surface area contributed by atoms with Gasteiger partial charge in [0.15, 0.2) is 5.82 Å². The molecule has 150 valence electrons. The van der Waals surface area contributed by atoms with Crippen LogP contribution in [0.1, 0.15) is 11.1 Å². The van der Waals surface area contributed by atoms with Crippen LogP contribution in [0, 0.1) is 0 Å². The molecule has 7 heteroatoms. The van der Waals surface area contributed by atoms with E-state index in [4.69, 9.17) is 0 Å². The third-order valence-corrected chi connectivity index (χ3v) is 4.47. The summed E-state index contributed by atoms with van der Waals surface area (Å²) in [6.07, 6.45) is -1.03. The summed E-state index contributed by atoms with van der Waals surface area (Å²) in [5.41, 5.74) is 1.85. The minimum atomic E-state index is -4.42. The van der Waals surface area contributed by atoms with Gasteiger partial charge in [0.1, 0.15) is 5.82 Å². The van der Waals surface area contributed by atoms with E-state index in [2.05, 4.69) is 20.3 Å². The lowest BCUT2D eigenvalue weighted by molar-refractivity contribution is -0.137. The monoisotopic (exact) mass is 406 g/mol. The van der Waals surface area contributed by atoms with E-state index in [0.29, 0.717) is 29.4 Å². The molecule has 0 unspecified atom stereocenters. The molecule has 0 fully saturated rings. The number of hydrogen-bond acceptors (Lipinski definition) is 4. The van der Waals surface area contributed by atoms with E-state index in [1.54, 1.807) is 24.5 Å². The zero-order chi connectivity index (χ0) is 21.0. The van der Waals surface area contributed by atoms with Crippen LogP contribution < -0.4 is 5.32 Å². The van der Waals surface area contributed by atoms with Crippen molar-refractivity contribution in [1.29, 1.82) is 0 Å². The molecule has 0 atom stereocenters. The summed E-state index contributed by atoms with van der Waals surface area (Å²) in [5.74, 6) is 0.954. The van der Waals surface area contributed by atoms with Crippen molar-refractivity contribution in [2.45, 2.75) is 12.7 Å². The van der Waals surface area contributed by atoms with Crippen molar-refractivity contribution in [3.05, 3.63) is 96.3 Å². The van der Waals surface area contributed by atoms with Gasteiger partial charge in [-0.25, -0.2) is 9.97 Å². The molecule has 2 heterocycles. The molecular weight excluding hydrogens is 389 g/mol. The number of nitrogens with zero attached hydrogens (tertiary/aromatic N) is 3. The van der Waals surface area contributed by atoms with Gasteiger partial charge in [-0.1, -0.05) is 42.5 Å². The summed E-state index contributed by atoms with van der Waals surface area (Å²) in [5, 5.41) is 3.22. The lowest BCUT2D eigenvalue weighted by Gasteiger charge is -2.12. The van der Waals surface area contributed by atoms with Gasteiger partial charge in [0.05, 0.1) is 11.3 Å². The summed E-state index contributed by atoms with van der Waals surface area (Å²) >= 11 is 0. The highest BCUT2D eigenvalue weighted by atomic mass is 19.4. The molecular formula is C23H17F3N4. The molecule has 30 heavy (non-hydrogen) atoms. The number of pyridine rings is 1. The predicted molar refractivity (Wildman–Crippen MR) is 109 cm³/mol. The predicted octanol–water partition coefficient (Wildman–Crippen LogP) is 5.84. The molecule has 0 aliphatic rings. The Morgan fingerprint density at radius 2 is 1.50 bits per heavy atom. The molecule has 2 aromatic heterocycles. The van der Waals surface area contributed by atoms with E-state index in [1.807, 2.05) is 42.5 Å². The van der Waals surface area contributed by atoms with Crippen LogP contribution in [0.2, 0.25) is 0 Å². The van der Waals surface area contributed by atoms with Gasteiger partial charge in [-0.15, -0.1) is 0 Å². The Bertz CT molecular complexity index is 1130. The fraction of sp³-hybridized carbons (Fsp3) is 0.0870. The van der Waals surface area contributed by atoms with Gasteiger partial charge in [-0.3, -0.25) is 4.98 Å². The molecule has 1 N–H and O–H groups in total. The number of alkyl halides is 3. The maximum Gasteiger partial charge on any atom is 0.416 e. The fourth-order valence-electron chi connectivity index (χ4n) is 2.95. The van der Waals surface area contributed by atoms with E-state index < -0.39 is 11.7 Å². The molecule has 0 spiro atoms. The lowest BCUT2D eigenvalue weighted by atomic mass is 10.1. The van der Waals surface area contributed by atoms with Gasteiger partial charge < -0.3 is 5.32 Å². The highest BCUT2D eigenvalue weighted by Gasteiger charge is 2.30. The minimum Gasteiger partial charge on any atom is -0.366 e. The summed E-state index contributed by atoms with van der Waals surface area (Å²) in [6, 6.07) is 19.9. The molecule has 4 nitrogen and oxygen atoms in total. The topological polar surface area (TPSA) is 50.7 Å². The Morgan fingerprint density at radius 3 is 2.23 bits per heavy atom. The Balaban J connectivity index is 1.74. The van der Waals surface area contributed by atoms with Crippen LogP contribution in [0.4, 0.5) is 19.0 Å². The molecule has 0 radical (unpaired) electrons. The summed E-state index contributed by atoms with van der Waals surface area (Å²) in [7, 11) is 0. The van der Waals surface area contributed by atoms with Gasteiger partial charge in [0, 0.05) is 36.1 Å². The number of aromatic nitrogens is 3. The summed E-state index contributed by atoms with van der Waals surface area (Å²) < 4.78 is 39.5. The second-order valence-electron chi connectivity index (χ2n) is 6.62. The molecule has 0 aliphatic heterocycles. The molecule has 4 aromatic rings. The van der Waals surface area contributed by atoms with Crippen molar-refractivity contribution in [3.8, 4) is 22.6 Å². The first-order chi connectivity index (χ1) is 14.5. The molecule has 0 amide bonds. The highest BCUT2D eigenvalue weighted by molar-refractivity contribution is 5.68. The Morgan fingerprint density at radius 1 is 0.767 bits per heavy atom.